The van der Waals surface area contributed by atoms with E-state index in [4.69, 9.17) is 5.11 Å². The van der Waals surface area contributed by atoms with Crippen molar-refractivity contribution >= 4 is 33.3 Å². The fourth-order valence-electron chi connectivity index (χ4n) is 2.95. The number of hydrogen-bond donors (Lipinski definition) is 1. The number of aryl methyl sites for hydroxylation is 2. The zero-order chi connectivity index (χ0) is 16.9. The molecule has 9 heteroatoms. The first-order chi connectivity index (χ1) is 10.7. The summed E-state index contributed by atoms with van der Waals surface area (Å²) in [5.41, 5.74) is 0.877. The molecule has 2 aromatic heterocycles. The van der Waals surface area contributed by atoms with Crippen LogP contribution in [0.5, 0.6) is 0 Å². The summed E-state index contributed by atoms with van der Waals surface area (Å²) in [6, 6.07) is 0. The maximum Gasteiger partial charge on any atom is 0.394 e. The number of carboxylic acids is 1. The molecule has 2 aromatic rings. The lowest BCUT2D eigenvalue weighted by Crippen LogP contribution is -2.33. The number of alkyl halides is 3. The van der Waals surface area contributed by atoms with Gasteiger partial charge in [-0.1, -0.05) is 0 Å². The molecule has 0 bridgehead atoms. The van der Waals surface area contributed by atoms with Crippen LogP contribution in [0.3, 0.4) is 0 Å². The van der Waals surface area contributed by atoms with Crippen molar-refractivity contribution in [2.75, 3.05) is 18.0 Å². The van der Waals surface area contributed by atoms with Gasteiger partial charge in [0.1, 0.15) is 16.5 Å². The summed E-state index contributed by atoms with van der Waals surface area (Å²) in [6.07, 6.45) is -4.55. The molecule has 1 N–H and O–H groups in total. The van der Waals surface area contributed by atoms with Gasteiger partial charge < -0.3 is 10.0 Å². The predicted octanol–water partition coefficient (Wildman–Crippen LogP) is 3.01. The Bertz CT molecular complexity index is 774. The Hall–Kier alpha value is -1.90. The van der Waals surface area contributed by atoms with Crippen LogP contribution in [0.2, 0.25) is 0 Å². The number of thiophene rings is 1. The van der Waals surface area contributed by atoms with E-state index in [9.17, 15) is 18.0 Å². The largest absolute Gasteiger partial charge is 0.481 e. The van der Waals surface area contributed by atoms with Crippen molar-refractivity contribution < 1.29 is 23.1 Å². The lowest BCUT2D eigenvalue weighted by molar-refractivity contribution is -0.187. The van der Waals surface area contributed by atoms with E-state index in [0.717, 1.165) is 5.56 Å². The maximum atomic E-state index is 13.2. The Labute approximate surface area is 133 Å². The van der Waals surface area contributed by atoms with Crippen LogP contribution in [0, 0.1) is 25.7 Å². The third kappa shape index (κ3) is 2.73. The zero-order valence-electron chi connectivity index (χ0n) is 12.4. The summed E-state index contributed by atoms with van der Waals surface area (Å²) >= 11 is 1.40. The van der Waals surface area contributed by atoms with Gasteiger partial charge in [0.05, 0.1) is 17.2 Å². The van der Waals surface area contributed by atoms with Crippen molar-refractivity contribution in [1.29, 1.82) is 0 Å². The van der Waals surface area contributed by atoms with Crippen LogP contribution < -0.4 is 4.90 Å². The number of aromatic nitrogens is 2. The molecule has 2 atom stereocenters. The van der Waals surface area contributed by atoms with Gasteiger partial charge >= 0.3 is 12.1 Å². The van der Waals surface area contributed by atoms with Gasteiger partial charge in [-0.25, -0.2) is 9.97 Å². The normalized spacial score (nSPS) is 22.0. The Kier molecular flexibility index (Phi) is 3.70. The van der Waals surface area contributed by atoms with E-state index in [1.807, 2.05) is 12.3 Å². The molecule has 23 heavy (non-hydrogen) atoms. The van der Waals surface area contributed by atoms with Gasteiger partial charge in [-0.3, -0.25) is 4.79 Å². The third-order valence-corrected chi connectivity index (χ3v) is 5.06. The fourth-order valence-corrected chi connectivity index (χ4v) is 3.91. The van der Waals surface area contributed by atoms with Crippen LogP contribution >= 0.6 is 11.3 Å². The summed E-state index contributed by atoms with van der Waals surface area (Å²) < 4.78 is 39.5. The number of carbonyl (C=O) groups is 1. The second-order valence-corrected chi connectivity index (χ2v) is 6.55. The van der Waals surface area contributed by atoms with Crippen LogP contribution in [-0.2, 0) is 4.79 Å². The number of aliphatic carboxylic acids is 1. The number of hydrogen-bond acceptors (Lipinski definition) is 5. The second-order valence-electron chi connectivity index (χ2n) is 5.69. The average molecular weight is 345 g/mol. The third-order valence-electron chi connectivity index (χ3n) is 4.07. The number of fused-ring (bicyclic) bond motifs is 1. The lowest BCUT2D eigenvalue weighted by Gasteiger charge is -2.20. The molecular formula is C14H14F3N3O2S. The van der Waals surface area contributed by atoms with Gasteiger partial charge in [-0.2, -0.15) is 13.2 Å². The van der Waals surface area contributed by atoms with Crippen LogP contribution in [0.4, 0.5) is 19.0 Å². The zero-order valence-corrected chi connectivity index (χ0v) is 13.2. The highest BCUT2D eigenvalue weighted by atomic mass is 32.1. The van der Waals surface area contributed by atoms with Gasteiger partial charge in [0, 0.05) is 13.1 Å². The second kappa shape index (κ2) is 5.33. The number of halogens is 3. The minimum absolute atomic E-state index is 0.208. The van der Waals surface area contributed by atoms with Gasteiger partial charge in [-0.05, 0) is 24.8 Å². The van der Waals surface area contributed by atoms with Crippen molar-refractivity contribution in [2.45, 2.75) is 20.0 Å². The summed E-state index contributed by atoms with van der Waals surface area (Å²) in [6.45, 7) is 2.90. The smallest absolute Gasteiger partial charge is 0.394 e. The van der Waals surface area contributed by atoms with Gasteiger partial charge in [0.15, 0.2) is 0 Å². The Balaban J connectivity index is 2.06. The monoisotopic (exact) mass is 345 g/mol. The minimum Gasteiger partial charge on any atom is -0.481 e. The minimum atomic E-state index is -4.55. The number of carboxylic acid groups (broad SMARTS) is 1. The first kappa shape index (κ1) is 16.0. The molecule has 124 valence electrons. The van der Waals surface area contributed by atoms with Crippen LogP contribution in [0.25, 0.3) is 10.2 Å². The quantitative estimate of drug-likeness (QED) is 0.906. The number of anilines is 1. The summed E-state index contributed by atoms with van der Waals surface area (Å²) in [5.74, 6) is -3.97. The molecule has 0 aliphatic carbocycles. The van der Waals surface area contributed by atoms with E-state index in [2.05, 4.69) is 9.97 Å². The van der Waals surface area contributed by atoms with Crippen molar-refractivity contribution in [3.8, 4) is 0 Å². The Morgan fingerprint density at radius 2 is 2.04 bits per heavy atom. The van der Waals surface area contributed by atoms with Crippen LogP contribution in [0.15, 0.2) is 5.38 Å². The Morgan fingerprint density at radius 3 is 2.61 bits per heavy atom. The molecule has 0 spiro atoms. The molecular weight excluding hydrogens is 331 g/mol. The molecule has 0 unspecified atom stereocenters. The highest BCUT2D eigenvalue weighted by Gasteiger charge is 2.53. The van der Waals surface area contributed by atoms with E-state index < -0.39 is 30.5 Å². The molecule has 1 fully saturated rings. The lowest BCUT2D eigenvalue weighted by atomic mass is 9.96. The molecule has 0 saturated carbocycles. The van der Waals surface area contributed by atoms with Crippen molar-refractivity contribution in [1.82, 2.24) is 9.97 Å². The maximum absolute atomic E-state index is 13.2. The van der Waals surface area contributed by atoms with Crippen LogP contribution in [-0.4, -0.2) is 40.3 Å². The Morgan fingerprint density at radius 1 is 1.35 bits per heavy atom. The highest BCUT2D eigenvalue weighted by molar-refractivity contribution is 7.17. The first-order valence-electron chi connectivity index (χ1n) is 6.95. The van der Waals surface area contributed by atoms with Crippen molar-refractivity contribution in [3.05, 3.63) is 16.8 Å². The molecule has 0 amide bonds. The summed E-state index contributed by atoms with van der Waals surface area (Å²) in [7, 11) is 0. The van der Waals surface area contributed by atoms with Crippen molar-refractivity contribution in [3.63, 3.8) is 0 Å². The molecule has 3 heterocycles. The van der Waals surface area contributed by atoms with Crippen LogP contribution in [0.1, 0.15) is 11.4 Å². The number of rotatable bonds is 2. The molecule has 5 nitrogen and oxygen atoms in total. The van der Waals surface area contributed by atoms with Gasteiger partial charge in [0.2, 0.25) is 0 Å². The van der Waals surface area contributed by atoms with E-state index >= 15 is 0 Å². The summed E-state index contributed by atoms with van der Waals surface area (Å²) in [5, 5.41) is 11.7. The summed E-state index contributed by atoms with van der Waals surface area (Å²) in [4.78, 5) is 21.9. The van der Waals surface area contributed by atoms with E-state index in [1.165, 1.54) is 16.2 Å². The number of nitrogens with zero attached hydrogens (tertiary/aromatic N) is 3. The fraction of sp³-hybridized carbons (Fsp3) is 0.500. The molecule has 1 saturated heterocycles. The van der Waals surface area contributed by atoms with E-state index in [1.54, 1.807) is 6.92 Å². The first-order valence-corrected chi connectivity index (χ1v) is 7.83. The molecule has 0 aromatic carbocycles. The predicted molar refractivity (Wildman–Crippen MR) is 79.8 cm³/mol. The molecule has 1 aliphatic rings. The van der Waals surface area contributed by atoms with Gasteiger partial charge in [0.25, 0.3) is 0 Å². The average Bonchev–Trinajstić information content (AvgIpc) is 3.02. The van der Waals surface area contributed by atoms with Gasteiger partial charge in [-0.15, -0.1) is 11.3 Å². The van der Waals surface area contributed by atoms with E-state index in [0.29, 0.717) is 21.9 Å². The molecule has 3 rings (SSSR count). The standard InChI is InChI=1S/C14H14F3N3O2S/c1-6-5-23-12-10(6)11(18-7(2)19-12)20-3-8(13(21)22)9(4-20)14(15,16)17/h5,8-9H,3-4H2,1-2H3,(H,21,22)/t8-,9-/m1/s1. The molecule has 1 aliphatic heterocycles. The topological polar surface area (TPSA) is 66.3 Å². The molecule has 0 radical (unpaired) electrons. The van der Waals surface area contributed by atoms with E-state index in [-0.39, 0.29) is 6.54 Å². The van der Waals surface area contributed by atoms with Crippen molar-refractivity contribution in [2.24, 2.45) is 11.8 Å². The highest BCUT2D eigenvalue weighted by Crippen LogP contribution is 2.41. The SMILES string of the molecule is Cc1nc(N2C[C@@H](C(F)(F)F)[C@H](C(=O)O)C2)c2c(C)csc2n1.